The lowest BCUT2D eigenvalue weighted by atomic mass is 10.2. The number of nitrogens with zero attached hydrogens (tertiary/aromatic N) is 2. The van der Waals surface area contributed by atoms with Crippen molar-refractivity contribution >= 4 is 11.6 Å². The second-order valence-electron chi connectivity index (χ2n) is 6.73. The summed E-state index contributed by atoms with van der Waals surface area (Å²) in [5, 5.41) is 0. The van der Waals surface area contributed by atoms with Crippen LogP contribution in [0.1, 0.15) is 18.1 Å². The third kappa shape index (κ3) is 4.32. The molecule has 1 amide bonds. The number of hydrogen-bond acceptors (Lipinski definition) is 3. The fourth-order valence-electron chi connectivity index (χ4n) is 3.21. The molecule has 0 spiro atoms. The van der Waals surface area contributed by atoms with Gasteiger partial charge in [-0.25, -0.2) is 0 Å². The molecule has 1 atom stereocenters. The Bertz CT molecular complexity index is 736. The Kier molecular flexibility index (Phi) is 5.27. The lowest BCUT2D eigenvalue weighted by Gasteiger charge is -2.37. The van der Waals surface area contributed by atoms with Crippen molar-refractivity contribution in [2.45, 2.75) is 26.9 Å². The van der Waals surface area contributed by atoms with Crippen LogP contribution in [-0.2, 0) is 4.79 Å². The monoisotopic (exact) mass is 338 g/mol. The van der Waals surface area contributed by atoms with Gasteiger partial charge in [-0.3, -0.25) is 4.79 Å². The number of aryl methyl sites for hydroxylation is 2. The second-order valence-corrected chi connectivity index (χ2v) is 6.73. The molecule has 1 unspecified atom stereocenters. The van der Waals surface area contributed by atoms with E-state index in [2.05, 4.69) is 36.1 Å². The van der Waals surface area contributed by atoms with Crippen LogP contribution in [0.3, 0.4) is 0 Å². The van der Waals surface area contributed by atoms with Gasteiger partial charge in [0.2, 0.25) is 0 Å². The number of carbonyl (C=O) groups excluding carboxylic acids is 1. The molecule has 0 saturated carbocycles. The van der Waals surface area contributed by atoms with Crippen LogP contribution in [0.4, 0.5) is 5.69 Å². The number of hydrogen-bond donors (Lipinski definition) is 0. The summed E-state index contributed by atoms with van der Waals surface area (Å²) in [5.74, 6) is 0.810. The van der Waals surface area contributed by atoms with Gasteiger partial charge in [-0.1, -0.05) is 24.3 Å². The van der Waals surface area contributed by atoms with E-state index in [0.717, 1.165) is 37.5 Å². The largest absolute Gasteiger partial charge is 0.481 e. The lowest BCUT2D eigenvalue weighted by molar-refractivity contribution is -0.138. The summed E-state index contributed by atoms with van der Waals surface area (Å²) in [6.45, 7) is 9.12. The Morgan fingerprint density at radius 1 is 0.960 bits per heavy atom. The molecule has 3 rings (SSSR count). The first-order valence-corrected chi connectivity index (χ1v) is 8.86. The fraction of sp³-hybridized carbons (Fsp3) is 0.381. The zero-order valence-electron chi connectivity index (χ0n) is 15.2. The molecule has 0 N–H and O–H groups in total. The molecule has 1 fully saturated rings. The van der Waals surface area contributed by atoms with Gasteiger partial charge in [0.15, 0.2) is 6.10 Å². The summed E-state index contributed by atoms with van der Waals surface area (Å²) in [5.41, 5.74) is 3.62. The van der Waals surface area contributed by atoms with Crippen LogP contribution in [0.15, 0.2) is 48.5 Å². The first kappa shape index (κ1) is 17.3. The lowest BCUT2D eigenvalue weighted by Crippen LogP contribution is -2.52. The van der Waals surface area contributed by atoms with Crippen LogP contribution in [0.2, 0.25) is 0 Å². The smallest absolute Gasteiger partial charge is 0.263 e. The van der Waals surface area contributed by atoms with E-state index in [1.807, 2.05) is 43.0 Å². The third-order valence-electron chi connectivity index (χ3n) is 4.61. The first-order valence-electron chi connectivity index (χ1n) is 8.86. The van der Waals surface area contributed by atoms with Gasteiger partial charge in [-0.2, -0.15) is 0 Å². The molecule has 1 saturated heterocycles. The van der Waals surface area contributed by atoms with E-state index in [1.54, 1.807) is 0 Å². The molecule has 2 aromatic rings. The minimum absolute atomic E-state index is 0.0606. The average Bonchev–Trinajstić information content (AvgIpc) is 2.61. The Morgan fingerprint density at radius 2 is 1.60 bits per heavy atom. The molecule has 4 nitrogen and oxygen atoms in total. The van der Waals surface area contributed by atoms with Crippen molar-refractivity contribution in [3.05, 3.63) is 59.7 Å². The predicted octanol–water partition coefficient (Wildman–Crippen LogP) is 3.42. The van der Waals surface area contributed by atoms with Crippen LogP contribution >= 0.6 is 0 Å². The van der Waals surface area contributed by atoms with Crippen molar-refractivity contribution in [1.29, 1.82) is 0 Å². The highest BCUT2D eigenvalue weighted by molar-refractivity contribution is 5.81. The van der Waals surface area contributed by atoms with Gasteiger partial charge in [0, 0.05) is 31.9 Å². The van der Waals surface area contributed by atoms with Crippen LogP contribution in [0.5, 0.6) is 5.75 Å². The number of benzene rings is 2. The Labute approximate surface area is 150 Å². The van der Waals surface area contributed by atoms with Crippen molar-refractivity contribution in [3.8, 4) is 5.75 Å². The third-order valence-corrected chi connectivity index (χ3v) is 4.61. The molecule has 132 valence electrons. The van der Waals surface area contributed by atoms with Crippen molar-refractivity contribution < 1.29 is 9.53 Å². The number of ether oxygens (including phenoxy) is 1. The molecule has 1 heterocycles. The molecule has 1 aliphatic rings. The summed E-state index contributed by atoms with van der Waals surface area (Å²) in [4.78, 5) is 16.9. The highest BCUT2D eigenvalue weighted by Crippen LogP contribution is 2.19. The van der Waals surface area contributed by atoms with Crippen molar-refractivity contribution in [2.24, 2.45) is 0 Å². The number of rotatable bonds is 4. The fourth-order valence-corrected chi connectivity index (χ4v) is 3.21. The van der Waals surface area contributed by atoms with Crippen molar-refractivity contribution in [2.75, 3.05) is 31.1 Å². The maximum absolute atomic E-state index is 12.7. The van der Waals surface area contributed by atoms with Crippen molar-refractivity contribution in [3.63, 3.8) is 0 Å². The normalized spacial score (nSPS) is 15.8. The van der Waals surface area contributed by atoms with Gasteiger partial charge in [0.1, 0.15) is 5.75 Å². The van der Waals surface area contributed by atoms with Gasteiger partial charge < -0.3 is 14.5 Å². The molecule has 0 radical (unpaired) electrons. The second kappa shape index (κ2) is 7.60. The van der Waals surface area contributed by atoms with Gasteiger partial charge >= 0.3 is 0 Å². The van der Waals surface area contributed by atoms with Crippen molar-refractivity contribution in [1.82, 2.24) is 4.90 Å². The van der Waals surface area contributed by atoms with Crippen LogP contribution in [0.25, 0.3) is 0 Å². The van der Waals surface area contributed by atoms with E-state index in [4.69, 9.17) is 4.74 Å². The first-order chi connectivity index (χ1) is 12.0. The average molecular weight is 338 g/mol. The number of carbonyl (C=O) groups is 1. The minimum Gasteiger partial charge on any atom is -0.481 e. The van der Waals surface area contributed by atoms with E-state index >= 15 is 0 Å². The molecule has 0 bridgehead atoms. The summed E-state index contributed by atoms with van der Waals surface area (Å²) >= 11 is 0. The predicted molar refractivity (Wildman–Crippen MR) is 101 cm³/mol. The van der Waals surface area contributed by atoms with Gasteiger partial charge in [-0.15, -0.1) is 0 Å². The van der Waals surface area contributed by atoms with E-state index in [9.17, 15) is 4.79 Å². The molecule has 1 aliphatic heterocycles. The maximum Gasteiger partial charge on any atom is 0.263 e. The molecule has 25 heavy (non-hydrogen) atoms. The van der Waals surface area contributed by atoms with Gasteiger partial charge in [0.05, 0.1) is 0 Å². The molecular weight excluding hydrogens is 312 g/mol. The van der Waals surface area contributed by atoms with Crippen LogP contribution < -0.4 is 9.64 Å². The number of anilines is 1. The van der Waals surface area contributed by atoms with E-state index < -0.39 is 6.10 Å². The molecule has 4 heteroatoms. The van der Waals surface area contributed by atoms with E-state index in [1.165, 1.54) is 11.3 Å². The highest BCUT2D eigenvalue weighted by atomic mass is 16.5. The highest BCUT2D eigenvalue weighted by Gasteiger charge is 2.26. The molecule has 0 aromatic heterocycles. The molecule has 0 aliphatic carbocycles. The van der Waals surface area contributed by atoms with Crippen LogP contribution in [-0.4, -0.2) is 43.1 Å². The Balaban J connectivity index is 1.56. The summed E-state index contributed by atoms with van der Waals surface area (Å²) < 4.78 is 5.83. The molecular formula is C21H26N2O2. The zero-order valence-corrected chi connectivity index (χ0v) is 15.2. The minimum atomic E-state index is -0.465. The number of amides is 1. The van der Waals surface area contributed by atoms with E-state index in [-0.39, 0.29) is 5.91 Å². The Hall–Kier alpha value is -2.49. The van der Waals surface area contributed by atoms with E-state index in [0.29, 0.717) is 0 Å². The van der Waals surface area contributed by atoms with Gasteiger partial charge in [0.25, 0.3) is 5.91 Å². The van der Waals surface area contributed by atoms with Crippen LogP contribution in [0, 0.1) is 13.8 Å². The number of piperazine rings is 1. The standard InChI is InChI=1S/C21H26N2O2/c1-16-6-4-8-19(14-16)22-10-12-23(13-11-22)21(24)18(3)25-20-9-5-7-17(2)15-20/h4-9,14-15,18H,10-13H2,1-3H3. The maximum atomic E-state index is 12.7. The summed E-state index contributed by atoms with van der Waals surface area (Å²) in [7, 11) is 0. The topological polar surface area (TPSA) is 32.8 Å². The zero-order chi connectivity index (χ0) is 17.8. The SMILES string of the molecule is Cc1cccc(OC(C)C(=O)N2CCN(c3cccc(C)c3)CC2)c1. The molecule has 2 aromatic carbocycles. The summed E-state index contributed by atoms with van der Waals surface area (Å²) in [6.07, 6.45) is -0.465. The Morgan fingerprint density at radius 3 is 2.24 bits per heavy atom. The van der Waals surface area contributed by atoms with Gasteiger partial charge in [-0.05, 0) is 56.2 Å². The summed E-state index contributed by atoms with van der Waals surface area (Å²) in [6, 6.07) is 16.3. The quantitative estimate of drug-likeness (QED) is 0.856.